The van der Waals surface area contributed by atoms with E-state index in [-0.39, 0.29) is 36.5 Å². The SMILES string of the molecule is CC(C)N(C(=O)Cn1c(CCCNC(=O)C2CCCO2)nc2ccccc21)C(C)C. The number of para-hydroxylation sites is 2. The van der Waals surface area contributed by atoms with Crippen LogP contribution in [0.3, 0.4) is 0 Å². The Bertz CT molecular complexity index is 860. The number of hydrogen-bond donors (Lipinski definition) is 1. The Hall–Kier alpha value is -2.41. The summed E-state index contributed by atoms with van der Waals surface area (Å²) in [4.78, 5) is 31.8. The van der Waals surface area contributed by atoms with Crippen molar-refractivity contribution in [3.05, 3.63) is 30.1 Å². The first-order chi connectivity index (χ1) is 14.4. The minimum atomic E-state index is -0.301. The average molecular weight is 415 g/mol. The van der Waals surface area contributed by atoms with Gasteiger partial charge in [-0.2, -0.15) is 0 Å². The maximum atomic E-state index is 13.1. The maximum Gasteiger partial charge on any atom is 0.249 e. The molecule has 1 aromatic heterocycles. The van der Waals surface area contributed by atoms with Gasteiger partial charge in [0.05, 0.1) is 11.0 Å². The molecule has 3 rings (SSSR count). The van der Waals surface area contributed by atoms with Gasteiger partial charge in [-0.3, -0.25) is 9.59 Å². The van der Waals surface area contributed by atoms with Gasteiger partial charge in [0.1, 0.15) is 18.5 Å². The van der Waals surface area contributed by atoms with Crippen molar-refractivity contribution in [3.63, 3.8) is 0 Å². The summed E-state index contributed by atoms with van der Waals surface area (Å²) in [6, 6.07) is 8.20. The van der Waals surface area contributed by atoms with Crippen LogP contribution in [-0.2, 0) is 27.3 Å². The molecule has 7 heteroatoms. The zero-order valence-electron chi connectivity index (χ0n) is 18.6. The Morgan fingerprint density at radius 2 is 1.97 bits per heavy atom. The monoisotopic (exact) mass is 414 g/mol. The summed E-state index contributed by atoms with van der Waals surface area (Å²) in [5, 5.41) is 2.96. The van der Waals surface area contributed by atoms with Crippen molar-refractivity contribution < 1.29 is 14.3 Å². The van der Waals surface area contributed by atoms with Crippen LogP contribution in [-0.4, -0.2) is 57.6 Å². The van der Waals surface area contributed by atoms with Gasteiger partial charge in [-0.25, -0.2) is 4.98 Å². The largest absolute Gasteiger partial charge is 0.368 e. The molecule has 1 aliphatic heterocycles. The molecule has 2 aromatic rings. The standard InChI is InChI=1S/C23H34N4O3/c1-16(2)27(17(3)4)22(28)15-26-19-10-6-5-9-18(19)25-21(26)12-7-13-24-23(29)20-11-8-14-30-20/h5-6,9-10,16-17,20H,7-8,11-15H2,1-4H3,(H,24,29). The molecule has 1 N–H and O–H groups in total. The quantitative estimate of drug-likeness (QED) is 0.640. The fraction of sp³-hybridized carbons (Fsp3) is 0.609. The van der Waals surface area contributed by atoms with E-state index in [1.807, 2.05) is 61.4 Å². The summed E-state index contributed by atoms with van der Waals surface area (Å²) in [6.45, 7) is 9.68. The first kappa shape index (κ1) is 22.3. The normalized spacial score (nSPS) is 16.5. The summed E-state index contributed by atoms with van der Waals surface area (Å²) < 4.78 is 7.45. The molecular formula is C23H34N4O3. The van der Waals surface area contributed by atoms with Crippen LogP contribution >= 0.6 is 0 Å². The molecule has 1 fully saturated rings. The van der Waals surface area contributed by atoms with Gasteiger partial charge in [0.15, 0.2) is 0 Å². The molecule has 1 unspecified atom stereocenters. The number of nitrogens with zero attached hydrogens (tertiary/aromatic N) is 3. The lowest BCUT2D eigenvalue weighted by Gasteiger charge is -2.31. The second-order valence-corrected chi connectivity index (χ2v) is 8.49. The smallest absolute Gasteiger partial charge is 0.249 e. The lowest BCUT2D eigenvalue weighted by Crippen LogP contribution is -2.43. The van der Waals surface area contributed by atoms with Crippen molar-refractivity contribution in [1.82, 2.24) is 19.8 Å². The highest BCUT2D eigenvalue weighted by Crippen LogP contribution is 2.19. The third-order valence-electron chi connectivity index (χ3n) is 5.53. The van der Waals surface area contributed by atoms with Crippen molar-refractivity contribution in [1.29, 1.82) is 0 Å². The number of benzene rings is 1. The van der Waals surface area contributed by atoms with Crippen LogP contribution in [0.15, 0.2) is 24.3 Å². The highest BCUT2D eigenvalue weighted by atomic mass is 16.5. The highest BCUT2D eigenvalue weighted by molar-refractivity contribution is 5.82. The summed E-state index contributed by atoms with van der Waals surface area (Å²) in [6.07, 6.45) is 2.89. The molecule has 7 nitrogen and oxygen atoms in total. The third kappa shape index (κ3) is 5.19. The Labute approximate surface area is 178 Å². The Morgan fingerprint density at radius 3 is 2.63 bits per heavy atom. The molecule has 2 heterocycles. The summed E-state index contributed by atoms with van der Waals surface area (Å²) in [7, 11) is 0. The third-order valence-corrected chi connectivity index (χ3v) is 5.53. The van der Waals surface area contributed by atoms with E-state index < -0.39 is 0 Å². The number of fused-ring (bicyclic) bond motifs is 1. The Kier molecular flexibility index (Phi) is 7.48. The van der Waals surface area contributed by atoms with Gasteiger partial charge in [-0.15, -0.1) is 0 Å². The minimum Gasteiger partial charge on any atom is -0.368 e. The Balaban J connectivity index is 1.68. The van der Waals surface area contributed by atoms with Gasteiger partial charge in [-0.05, 0) is 59.1 Å². The molecule has 1 saturated heterocycles. The molecule has 0 bridgehead atoms. The number of nitrogens with one attached hydrogen (secondary N) is 1. The highest BCUT2D eigenvalue weighted by Gasteiger charge is 2.24. The molecular weight excluding hydrogens is 380 g/mol. The first-order valence-electron chi connectivity index (χ1n) is 11.0. The van der Waals surface area contributed by atoms with Gasteiger partial charge in [-0.1, -0.05) is 12.1 Å². The van der Waals surface area contributed by atoms with E-state index in [1.165, 1.54) is 0 Å². The Morgan fingerprint density at radius 1 is 1.23 bits per heavy atom. The van der Waals surface area contributed by atoms with E-state index >= 15 is 0 Å². The number of carbonyl (C=O) groups is 2. The zero-order chi connectivity index (χ0) is 21.7. The van der Waals surface area contributed by atoms with Crippen molar-refractivity contribution in [3.8, 4) is 0 Å². The molecule has 1 aliphatic rings. The molecule has 1 atom stereocenters. The predicted octanol–water partition coefficient (Wildman–Crippen LogP) is 2.91. The van der Waals surface area contributed by atoms with Crippen molar-refractivity contribution in [2.45, 2.75) is 78.1 Å². The van der Waals surface area contributed by atoms with Crippen LogP contribution in [0.4, 0.5) is 0 Å². The molecule has 0 spiro atoms. The number of amides is 2. The second kappa shape index (κ2) is 10.1. The predicted molar refractivity (Wildman–Crippen MR) is 117 cm³/mol. The van der Waals surface area contributed by atoms with Crippen molar-refractivity contribution in [2.24, 2.45) is 0 Å². The molecule has 0 saturated carbocycles. The zero-order valence-corrected chi connectivity index (χ0v) is 18.6. The number of ether oxygens (including phenoxy) is 1. The van der Waals surface area contributed by atoms with Crippen LogP contribution in [0.2, 0.25) is 0 Å². The number of carbonyl (C=O) groups excluding carboxylic acids is 2. The van der Waals surface area contributed by atoms with Gasteiger partial charge in [0, 0.05) is 31.7 Å². The van der Waals surface area contributed by atoms with Crippen LogP contribution in [0, 0.1) is 0 Å². The fourth-order valence-corrected chi connectivity index (χ4v) is 4.24. The topological polar surface area (TPSA) is 76.5 Å². The second-order valence-electron chi connectivity index (χ2n) is 8.49. The van der Waals surface area contributed by atoms with E-state index in [4.69, 9.17) is 9.72 Å². The summed E-state index contributed by atoms with van der Waals surface area (Å²) in [5.74, 6) is 0.945. The van der Waals surface area contributed by atoms with Gasteiger partial charge >= 0.3 is 0 Å². The lowest BCUT2D eigenvalue weighted by molar-refractivity contribution is -0.135. The number of rotatable bonds is 9. The molecule has 30 heavy (non-hydrogen) atoms. The van der Waals surface area contributed by atoms with Gasteiger partial charge < -0.3 is 19.5 Å². The number of aryl methyl sites for hydroxylation is 1. The van der Waals surface area contributed by atoms with Crippen molar-refractivity contribution >= 4 is 22.8 Å². The van der Waals surface area contributed by atoms with E-state index in [9.17, 15) is 9.59 Å². The molecule has 0 radical (unpaired) electrons. The summed E-state index contributed by atoms with van der Waals surface area (Å²) in [5.41, 5.74) is 1.86. The van der Waals surface area contributed by atoms with Crippen molar-refractivity contribution in [2.75, 3.05) is 13.2 Å². The van der Waals surface area contributed by atoms with Crippen LogP contribution in [0.25, 0.3) is 11.0 Å². The number of imidazole rings is 1. The van der Waals surface area contributed by atoms with Crippen LogP contribution in [0.1, 0.15) is 52.8 Å². The molecule has 0 aliphatic carbocycles. The maximum absolute atomic E-state index is 13.1. The van der Waals surface area contributed by atoms with Gasteiger partial charge in [0.2, 0.25) is 11.8 Å². The molecule has 2 amide bonds. The number of aromatic nitrogens is 2. The van der Waals surface area contributed by atoms with E-state index in [2.05, 4.69) is 5.32 Å². The lowest BCUT2D eigenvalue weighted by atomic mass is 10.2. The summed E-state index contributed by atoms with van der Waals surface area (Å²) >= 11 is 0. The average Bonchev–Trinajstić information content (AvgIpc) is 3.33. The van der Waals surface area contributed by atoms with E-state index in [0.717, 1.165) is 36.1 Å². The molecule has 1 aromatic carbocycles. The minimum absolute atomic E-state index is 0.0271. The molecule has 164 valence electrons. The van der Waals surface area contributed by atoms with Gasteiger partial charge in [0.25, 0.3) is 0 Å². The van der Waals surface area contributed by atoms with Crippen LogP contribution in [0.5, 0.6) is 0 Å². The number of hydrogen-bond acceptors (Lipinski definition) is 4. The fourth-order valence-electron chi connectivity index (χ4n) is 4.24. The van der Waals surface area contributed by atoms with E-state index in [1.54, 1.807) is 0 Å². The van der Waals surface area contributed by atoms with E-state index in [0.29, 0.717) is 19.6 Å². The first-order valence-corrected chi connectivity index (χ1v) is 11.0. The van der Waals surface area contributed by atoms with Crippen LogP contribution < -0.4 is 5.32 Å².